The summed E-state index contributed by atoms with van der Waals surface area (Å²) in [7, 11) is 0. The van der Waals surface area contributed by atoms with Crippen molar-refractivity contribution >= 4 is 34.1 Å². The normalized spacial score (nSPS) is 11.2. The summed E-state index contributed by atoms with van der Waals surface area (Å²) in [6, 6.07) is 25.9. The molecule has 1 N–H and O–H groups in total. The number of anilines is 2. The molecule has 7 nitrogen and oxygen atoms in total. The van der Waals surface area contributed by atoms with Crippen molar-refractivity contribution in [3.8, 4) is 0 Å². The lowest BCUT2D eigenvalue weighted by Crippen LogP contribution is -2.42. The van der Waals surface area contributed by atoms with Gasteiger partial charge < -0.3 is 9.88 Å². The van der Waals surface area contributed by atoms with Crippen LogP contribution in [0.3, 0.4) is 0 Å². The number of aryl methyl sites for hydroxylation is 3. The molecular weight excluding hydrogens is 486 g/mol. The van der Waals surface area contributed by atoms with Crippen molar-refractivity contribution in [2.24, 2.45) is 0 Å². The Hall–Kier alpha value is -4.10. The average molecular weight is 514 g/mol. The number of aromatic nitrogens is 4. The third-order valence-corrected chi connectivity index (χ3v) is 6.80. The minimum atomic E-state index is -0.577. The van der Waals surface area contributed by atoms with E-state index in [0.717, 1.165) is 39.7 Å². The van der Waals surface area contributed by atoms with Crippen LogP contribution in [0.1, 0.15) is 23.7 Å². The third-order valence-electron chi connectivity index (χ3n) is 6.55. The molecule has 0 fully saturated rings. The molecule has 2 heterocycles. The van der Waals surface area contributed by atoms with E-state index < -0.39 is 11.4 Å². The first kappa shape index (κ1) is 24.6. The molecule has 188 valence electrons. The summed E-state index contributed by atoms with van der Waals surface area (Å²) in [6.45, 7) is 5.23. The van der Waals surface area contributed by atoms with Crippen molar-refractivity contribution in [1.29, 1.82) is 0 Å². The van der Waals surface area contributed by atoms with Gasteiger partial charge in [-0.3, -0.25) is 4.57 Å². The predicted molar refractivity (Wildman–Crippen MR) is 149 cm³/mol. The number of nitrogens with zero attached hydrogens (tertiary/aromatic N) is 4. The minimum absolute atomic E-state index is 0.203. The highest BCUT2D eigenvalue weighted by Crippen LogP contribution is 2.25. The highest BCUT2D eigenvalue weighted by Gasteiger charge is 2.14. The van der Waals surface area contributed by atoms with Crippen molar-refractivity contribution in [2.45, 2.75) is 39.9 Å². The van der Waals surface area contributed by atoms with E-state index in [1.165, 1.54) is 15.8 Å². The number of rotatable bonds is 8. The number of hydrogen-bond donors (Lipinski definition) is 1. The average Bonchev–Trinajstić information content (AvgIpc) is 3.21. The SMILES string of the molecule is CCn1c(=O)nc(Nc2ccc3c(c2)cc(C)n3CCc2ccccc2)n(Cc2ccc(Cl)cc2)c1=O. The first-order chi connectivity index (χ1) is 17.9. The van der Waals surface area contributed by atoms with Gasteiger partial charge in [-0.05, 0) is 67.8 Å². The molecule has 2 aromatic heterocycles. The summed E-state index contributed by atoms with van der Waals surface area (Å²) in [5.74, 6) is 0.203. The van der Waals surface area contributed by atoms with E-state index in [0.29, 0.717) is 5.02 Å². The number of benzene rings is 3. The van der Waals surface area contributed by atoms with E-state index in [1.807, 2.05) is 30.3 Å². The lowest BCUT2D eigenvalue weighted by Gasteiger charge is -2.15. The lowest BCUT2D eigenvalue weighted by molar-refractivity contribution is 0.576. The van der Waals surface area contributed by atoms with Crippen molar-refractivity contribution in [1.82, 2.24) is 18.7 Å². The number of hydrogen-bond acceptors (Lipinski definition) is 4. The molecule has 5 aromatic rings. The second kappa shape index (κ2) is 10.5. The Labute approximate surface area is 219 Å². The summed E-state index contributed by atoms with van der Waals surface area (Å²) in [5.41, 5.74) is 4.24. The molecule has 8 heteroatoms. The Morgan fingerprint density at radius 2 is 1.62 bits per heavy atom. The van der Waals surface area contributed by atoms with Crippen LogP contribution in [0.5, 0.6) is 0 Å². The van der Waals surface area contributed by atoms with Gasteiger partial charge in [-0.1, -0.05) is 54.1 Å². The van der Waals surface area contributed by atoms with Crippen molar-refractivity contribution in [3.05, 3.63) is 122 Å². The Morgan fingerprint density at radius 3 is 2.35 bits per heavy atom. The van der Waals surface area contributed by atoms with Gasteiger partial charge in [0.1, 0.15) is 0 Å². The predicted octanol–water partition coefficient (Wildman–Crippen LogP) is 5.38. The quantitative estimate of drug-likeness (QED) is 0.302. The Balaban J connectivity index is 1.47. The lowest BCUT2D eigenvalue weighted by atomic mass is 10.1. The van der Waals surface area contributed by atoms with E-state index in [9.17, 15) is 9.59 Å². The molecule has 0 bridgehead atoms. The highest BCUT2D eigenvalue weighted by atomic mass is 35.5. The van der Waals surface area contributed by atoms with Gasteiger partial charge in [0.25, 0.3) is 0 Å². The van der Waals surface area contributed by atoms with E-state index in [4.69, 9.17) is 11.6 Å². The molecular formula is C29H28ClN5O2. The van der Waals surface area contributed by atoms with Crippen LogP contribution in [-0.2, 0) is 26.1 Å². The monoisotopic (exact) mass is 513 g/mol. The fraction of sp³-hybridized carbons (Fsp3) is 0.207. The number of nitrogens with one attached hydrogen (secondary N) is 1. The summed E-state index contributed by atoms with van der Waals surface area (Å²) < 4.78 is 4.92. The fourth-order valence-electron chi connectivity index (χ4n) is 4.61. The van der Waals surface area contributed by atoms with E-state index in [-0.39, 0.29) is 19.0 Å². The molecule has 0 atom stereocenters. The van der Waals surface area contributed by atoms with Gasteiger partial charge in [-0.25, -0.2) is 14.2 Å². The van der Waals surface area contributed by atoms with Gasteiger partial charge in [0.15, 0.2) is 0 Å². The zero-order valence-electron chi connectivity index (χ0n) is 20.8. The Bertz CT molecular complexity index is 1670. The van der Waals surface area contributed by atoms with Crippen LogP contribution in [-0.4, -0.2) is 18.7 Å². The first-order valence-electron chi connectivity index (χ1n) is 12.3. The van der Waals surface area contributed by atoms with Crippen LogP contribution in [0.15, 0.2) is 88.5 Å². The number of fused-ring (bicyclic) bond motifs is 1. The first-order valence-corrected chi connectivity index (χ1v) is 12.7. The molecule has 0 aliphatic heterocycles. The maximum Gasteiger partial charge on any atom is 0.354 e. The second-order valence-electron chi connectivity index (χ2n) is 9.03. The molecule has 5 rings (SSSR count). The summed E-state index contributed by atoms with van der Waals surface area (Å²) >= 11 is 6.02. The molecule has 3 aromatic carbocycles. The Kier molecular flexibility index (Phi) is 6.97. The van der Waals surface area contributed by atoms with E-state index in [1.54, 1.807) is 19.1 Å². The van der Waals surface area contributed by atoms with Crippen LogP contribution in [0.25, 0.3) is 10.9 Å². The molecule has 0 spiro atoms. The van der Waals surface area contributed by atoms with Gasteiger partial charge >= 0.3 is 11.4 Å². The Morgan fingerprint density at radius 1 is 0.865 bits per heavy atom. The molecule has 37 heavy (non-hydrogen) atoms. The van der Waals surface area contributed by atoms with Crippen LogP contribution in [0, 0.1) is 6.92 Å². The zero-order valence-corrected chi connectivity index (χ0v) is 21.6. The maximum atomic E-state index is 13.2. The fourth-order valence-corrected chi connectivity index (χ4v) is 4.73. The number of halogens is 1. The molecule has 0 saturated heterocycles. The molecule has 0 aliphatic rings. The van der Waals surface area contributed by atoms with Gasteiger partial charge in [0.05, 0.1) is 6.54 Å². The zero-order chi connectivity index (χ0) is 25.9. The summed E-state index contributed by atoms with van der Waals surface area (Å²) in [6.07, 6.45) is 0.945. The molecule has 0 radical (unpaired) electrons. The summed E-state index contributed by atoms with van der Waals surface area (Å²) in [5, 5.41) is 4.91. The van der Waals surface area contributed by atoms with Crippen molar-refractivity contribution < 1.29 is 0 Å². The van der Waals surface area contributed by atoms with Gasteiger partial charge in [0, 0.05) is 40.4 Å². The largest absolute Gasteiger partial charge is 0.354 e. The minimum Gasteiger partial charge on any atom is -0.345 e. The van der Waals surface area contributed by atoms with E-state index in [2.05, 4.69) is 58.2 Å². The summed E-state index contributed by atoms with van der Waals surface area (Å²) in [4.78, 5) is 29.9. The smallest absolute Gasteiger partial charge is 0.345 e. The van der Waals surface area contributed by atoms with Crippen LogP contribution in [0.4, 0.5) is 11.6 Å². The van der Waals surface area contributed by atoms with Gasteiger partial charge in [0.2, 0.25) is 5.95 Å². The standard InChI is InChI=1S/C29H28ClN5O2/c1-3-33-28(36)32-27(35(29(33)37)19-22-9-11-24(30)12-10-22)31-25-13-14-26-23(18-25)17-20(2)34(26)16-15-21-7-5-4-6-8-21/h4-14,17-18H,3,15-16,19H2,1-2H3,(H,31,32,36). The molecule has 0 amide bonds. The topological polar surface area (TPSA) is 73.8 Å². The van der Waals surface area contributed by atoms with E-state index >= 15 is 0 Å². The highest BCUT2D eigenvalue weighted by molar-refractivity contribution is 6.30. The maximum absolute atomic E-state index is 13.2. The van der Waals surface area contributed by atoms with Crippen molar-refractivity contribution in [3.63, 3.8) is 0 Å². The molecule has 0 saturated carbocycles. The molecule has 0 aliphatic carbocycles. The van der Waals surface area contributed by atoms with Crippen LogP contribution in [0.2, 0.25) is 5.02 Å². The van der Waals surface area contributed by atoms with Crippen molar-refractivity contribution in [2.75, 3.05) is 5.32 Å². The van der Waals surface area contributed by atoms with Crippen LogP contribution < -0.4 is 16.7 Å². The second-order valence-corrected chi connectivity index (χ2v) is 9.47. The van der Waals surface area contributed by atoms with Gasteiger partial charge in [-0.15, -0.1) is 0 Å². The third kappa shape index (κ3) is 5.22. The van der Waals surface area contributed by atoms with Crippen LogP contribution >= 0.6 is 11.6 Å². The molecule has 0 unspecified atom stereocenters. The van der Waals surface area contributed by atoms with Gasteiger partial charge in [-0.2, -0.15) is 4.98 Å².